The maximum atomic E-state index is 12.5. The summed E-state index contributed by atoms with van der Waals surface area (Å²) in [6.07, 6.45) is 0. The summed E-state index contributed by atoms with van der Waals surface area (Å²) in [6.45, 7) is 7.41. The van der Waals surface area contributed by atoms with Crippen molar-refractivity contribution in [2.45, 2.75) is 37.8 Å². The average Bonchev–Trinajstić information content (AvgIpc) is 3.29. The normalized spacial score (nSPS) is 11.8. The summed E-state index contributed by atoms with van der Waals surface area (Å²) < 4.78 is 31.7. The van der Waals surface area contributed by atoms with Gasteiger partial charge in [-0.2, -0.15) is 0 Å². The van der Waals surface area contributed by atoms with Crippen LogP contribution in [0.4, 0.5) is 5.69 Å². The molecule has 0 unspecified atom stereocenters. The lowest BCUT2D eigenvalue weighted by molar-refractivity contribution is -0.113. The van der Waals surface area contributed by atoms with Gasteiger partial charge in [0.1, 0.15) is 4.88 Å². The van der Waals surface area contributed by atoms with Crippen molar-refractivity contribution in [3.8, 4) is 10.8 Å². The van der Waals surface area contributed by atoms with E-state index in [1.54, 1.807) is 13.0 Å². The number of aromatic nitrogens is 3. The Bertz CT molecular complexity index is 1230. The highest BCUT2D eigenvalue weighted by Crippen LogP contribution is 2.31. The van der Waals surface area contributed by atoms with Crippen molar-refractivity contribution >= 4 is 44.7 Å². The minimum Gasteiger partial charge on any atom is -0.410 e. The van der Waals surface area contributed by atoms with Gasteiger partial charge in [-0.25, -0.2) is 17.7 Å². The average molecular weight is 482 g/mol. The first-order valence-electron chi connectivity index (χ1n) is 9.23. The standard InChI is InChI=1S/C19H23N5O4S3/c1-10-7-14(31(26,27)24(5)6)8-15(11(10)2)21-16(25)9-29-19-23-22-18(28-19)17-12(3)20-13(4)30-17/h7-8H,9H2,1-6H3,(H,21,25). The largest absolute Gasteiger partial charge is 0.410 e. The molecule has 9 nitrogen and oxygen atoms in total. The van der Waals surface area contributed by atoms with E-state index in [2.05, 4.69) is 20.5 Å². The number of nitrogens with zero attached hydrogens (tertiary/aromatic N) is 4. The molecule has 0 aliphatic heterocycles. The predicted molar refractivity (Wildman–Crippen MR) is 121 cm³/mol. The molecule has 166 valence electrons. The van der Waals surface area contributed by atoms with E-state index >= 15 is 0 Å². The van der Waals surface area contributed by atoms with E-state index in [0.29, 0.717) is 11.6 Å². The molecule has 0 aliphatic carbocycles. The molecule has 3 rings (SSSR count). The Morgan fingerprint density at radius 1 is 1.19 bits per heavy atom. The van der Waals surface area contributed by atoms with Gasteiger partial charge in [-0.1, -0.05) is 11.8 Å². The summed E-state index contributed by atoms with van der Waals surface area (Å²) in [5.41, 5.74) is 2.83. The van der Waals surface area contributed by atoms with Crippen LogP contribution in [0, 0.1) is 27.7 Å². The Kier molecular flexibility index (Phi) is 6.84. The number of aryl methyl sites for hydroxylation is 3. The number of carbonyl (C=O) groups is 1. The van der Waals surface area contributed by atoms with Gasteiger partial charge in [0.15, 0.2) is 0 Å². The highest BCUT2D eigenvalue weighted by atomic mass is 32.2. The maximum absolute atomic E-state index is 12.5. The molecule has 3 aromatic rings. The first kappa shape index (κ1) is 23.4. The lowest BCUT2D eigenvalue weighted by Gasteiger charge is -2.16. The van der Waals surface area contributed by atoms with Crippen molar-refractivity contribution in [2.24, 2.45) is 0 Å². The van der Waals surface area contributed by atoms with Crippen LogP contribution in [0.5, 0.6) is 0 Å². The predicted octanol–water partition coefficient (Wildman–Crippen LogP) is 3.41. The van der Waals surface area contributed by atoms with Crippen molar-refractivity contribution in [1.29, 1.82) is 0 Å². The molecule has 0 saturated carbocycles. The van der Waals surface area contributed by atoms with Gasteiger partial charge in [0.25, 0.3) is 11.1 Å². The quantitative estimate of drug-likeness (QED) is 0.510. The number of hydrogen-bond donors (Lipinski definition) is 1. The van der Waals surface area contributed by atoms with Gasteiger partial charge < -0.3 is 9.73 Å². The fourth-order valence-corrected chi connectivity index (χ4v) is 5.14. The van der Waals surface area contributed by atoms with E-state index in [9.17, 15) is 13.2 Å². The molecule has 2 heterocycles. The fourth-order valence-electron chi connectivity index (χ4n) is 2.72. The van der Waals surface area contributed by atoms with Gasteiger partial charge in [-0.15, -0.1) is 21.5 Å². The van der Waals surface area contributed by atoms with Crippen LogP contribution in [0.15, 0.2) is 26.7 Å². The van der Waals surface area contributed by atoms with Crippen LogP contribution in [0.3, 0.4) is 0 Å². The minimum atomic E-state index is -3.62. The van der Waals surface area contributed by atoms with Crippen LogP contribution in [0.2, 0.25) is 0 Å². The van der Waals surface area contributed by atoms with E-state index in [0.717, 1.165) is 42.8 Å². The number of amides is 1. The second kappa shape index (κ2) is 9.07. The maximum Gasteiger partial charge on any atom is 0.277 e. The van der Waals surface area contributed by atoms with Gasteiger partial charge in [0.05, 0.1) is 21.3 Å². The molecule has 1 amide bonds. The molecule has 0 bridgehead atoms. The Hall–Kier alpha value is -2.28. The first-order chi connectivity index (χ1) is 14.5. The third-order valence-electron chi connectivity index (χ3n) is 4.52. The van der Waals surface area contributed by atoms with Crippen molar-refractivity contribution in [3.05, 3.63) is 34.0 Å². The molecule has 0 atom stereocenters. The molecule has 0 spiro atoms. The summed E-state index contributed by atoms with van der Waals surface area (Å²) in [5.74, 6) is 0.0985. The molecule has 0 radical (unpaired) electrons. The van der Waals surface area contributed by atoms with E-state index in [4.69, 9.17) is 4.42 Å². The number of anilines is 1. The SMILES string of the molecule is Cc1nc(C)c(-c2nnc(SCC(=O)Nc3cc(S(=O)(=O)N(C)C)cc(C)c3C)o2)s1. The van der Waals surface area contributed by atoms with Crippen molar-refractivity contribution in [3.63, 3.8) is 0 Å². The highest BCUT2D eigenvalue weighted by molar-refractivity contribution is 7.99. The second-order valence-corrected chi connectivity index (χ2v) is 11.3. The van der Waals surface area contributed by atoms with E-state index in [1.165, 1.54) is 31.5 Å². The second-order valence-electron chi connectivity index (χ2n) is 7.06. The number of hydrogen-bond acceptors (Lipinski definition) is 9. The topological polar surface area (TPSA) is 118 Å². The molecule has 0 aliphatic rings. The number of thiazole rings is 1. The highest BCUT2D eigenvalue weighted by Gasteiger charge is 2.21. The van der Waals surface area contributed by atoms with E-state index < -0.39 is 10.0 Å². The molecule has 12 heteroatoms. The lowest BCUT2D eigenvalue weighted by Crippen LogP contribution is -2.23. The molecule has 0 saturated heterocycles. The van der Waals surface area contributed by atoms with Gasteiger partial charge in [-0.3, -0.25) is 4.79 Å². The van der Waals surface area contributed by atoms with Crippen LogP contribution < -0.4 is 5.32 Å². The van der Waals surface area contributed by atoms with Crippen LogP contribution in [0.1, 0.15) is 21.8 Å². The van der Waals surface area contributed by atoms with E-state index in [-0.39, 0.29) is 21.8 Å². The zero-order valence-electron chi connectivity index (χ0n) is 18.0. The molecular formula is C19H23N5O4S3. The van der Waals surface area contributed by atoms with Crippen molar-refractivity contribution in [2.75, 3.05) is 25.2 Å². The van der Waals surface area contributed by atoms with Crippen molar-refractivity contribution in [1.82, 2.24) is 19.5 Å². The molecule has 2 aromatic heterocycles. The summed E-state index contributed by atoms with van der Waals surface area (Å²) in [4.78, 5) is 17.8. The zero-order chi connectivity index (χ0) is 22.9. The Labute approximate surface area is 189 Å². The Morgan fingerprint density at radius 3 is 2.52 bits per heavy atom. The third kappa shape index (κ3) is 5.14. The molecule has 1 N–H and O–H groups in total. The summed E-state index contributed by atoms with van der Waals surface area (Å²) >= 11 is 2.57. The summed E-state index contributed by atoms with van der Waals surface area (Å²) in [7, 11) is -0.685. The van der Waals surface area contributed by atoms with E-state index in [1.807, 2.05) is 20.8 Å². The number of rotatable bonds is 7. The monoisotopic (exact) mass is 481 g/mol. The Balaban J connectivity index is 1.70. The molecule has 31 heavy (non-hydrogen) atoms. The molecule has 0 fully saturated rings. The molecular weight excluding hydrogens is 458 g/mol. The lowest BCUT2D eigenvalue weighted by atomic mass is 10.1. The van der Waals surface area contributed by atoms with Gasteiger partial charge >= 0.3 is 0 Å². The van der Waals surface area contributed by atoms with Crippen LogP contribution in [-0.2, 0) is 14.8 Å². The fraction of sp³-hybridized carbons (Fsp3) is 0.368. The van der Waals surface area contributed by atoms with Crippen LogP contribution in [-0.4, -0.2) is 53.7 Å². The number of benzene rings is 1. The van der Waals surface area contributed by atoms with Crippen molar-refractivity contribution < 1.29 is 17.6 Å². The number of sulfonamides is 1. The smallest absolute Gasteiger partial charge is 0.277 e. The number of thioether (sulfide) groups is 1. The first-order valence-corrected chi connectivity index (χ1v) is 12.5. The third-order valence-corrected chi connectivity index (χ3v) is 8.20. The summed E-state index contributed by atoms with van der Waals surface area (Å²) in [6, 6.07) is 3.07. The Morgan fingerprint density at radius 2 is 1.90 bits per heavy atom. The number of carbonyl (C=O) groups excluding carboxylic acids is 1. The van der Waals surface area contributed by atoms with Crippen LogP contribution >= 0.6 is 23.1 Å². The van der Waals surface area contributed by atoms with Crippen LogP contribution in [0.25, 0.3) is 10.8 Å². The summed E-state index contributed by atoms with van der Waals surface area (Å²) in [5, 5.41) is 12.0. The van der Waals surface area contributed by atoms with Gasteiger partial charge in [-0.05, 0) is 51.0 Å². The van der Waals surface area contributed by atoms with Gasteiger partial charge in [0, 0.05) is 19.8 Å². The van der Waals surface area contributed by atoms with Gasteiger partial charge in [0.2, 0.25) is 15.9 Å². The minimum absolute atomic E-state index is 0.0332. The molecule has 1 aromatic carbocycles. The number of nitrogens with one attached hydrogen (secondary N) is 1. The zero-order valence-corrected chi connectivity index (χ0v) is 20.5.